The number of aromatic nitrogens is 3. The molecule has 2 aromatic carbocycles. The lowest BCUT2D eigenvalue weighted by molar-refractivity contribution is -0.0507. The van der Waals surface area contributed by atoms with E-state index in [0.717, 1.165) is 43.2 Å². The number of ether oxygens (including phenoxy) is 2. The lowest BCUT2D eigenvalue weighted by Crippen LogP contribution is -2.36. The zero-order valence-corrected chi connectivity index (χ0v) is 19.3. The van der Waals surface area contributed by atoms with Crippen molar-refractivity contribution in [2.75, 3.05) is 37.7 Å². The van der Waals surface area contributed by atoms with Crippen molar-refractivity contribution in [2.24, 2.45) is 0 Å². The smallest absolute Gasteiger partial charge is 0.387 e. The Morgan fingerprint density at radius 2 is 1.81 bits per heavy atom. The zero-order chi connectivity index (χ0) is 24.6. The second-order valence-corrected chi connectivity index (χ2v) is 8.79. The maximum absolute atomic E-state index is 13.1. The molecule has 2 aliphatic rings. The van der Waals surface area contributed by atoms with Crippen molar-refractivity contribution in [3.63, 3.8) is 0 Å². The number of anilines is 1. The summed E-state index contributed by atoms with van der Waals surface area (Å²) in [6.07, 6.45) is -0.850. The van der Waals surface area contributed by atoms with Crippen LogP contribution in [0.25, 0.3) is 16.9 Å². The Morgan fingerprint density at radius 1 is 1.03 bits per heavy atom. The molecule has 0 amide bonds. The van der Waals surface area contributed by atoms with Gasteiger partial charge in [-0.1, -0.05) is 30.3 Å². The summed E-state index contributed by atoms with van der Waals surface area (Å²) in [6, 6.07) is 18.0. The Hall–Kier alpha value is -3.60. The zero-order valence-electron chi connectivity index (χ0n) is 19.3. The topological polar surface area (TPSA) is 84.1 Å². The molecule has 2 aromatic heterocycles. The van der Waals surface area contributed by atoms with Gasteiger partial charge >= 0.3 is 6.61 Å². The Kier molecular flexibility index (Phi) is 6.00. The van der Waals surface area contributed by atoms with Crippen molar-refractivity contribution in [3.05, 3.63) is 77.6 Å². The molecular formula is C26H25F2N5O3. The molecule has 1 fully saturated rings. The average Bonchev–Trinajstić information content (AvgIpc) is 3.30. The third-order valence-electron chi connectivity index (χ3n) is 6.63. The number of halogens is 2. The molecule has 1 saturated heterocycles. The van der Waals surface area contributed by atoms with Crippen molar-refractivity contribution < 1.29 is 23.4 Å². The number of nitrogens with zero attached hydrogens (tertiary/aromatic N) is 4. The van der Waals surface area contributed by atoms with Crippen LogP contribution < -0.4 is 15.0 Å². The lowest BCUT2D eigenvalue weighted by atomic mass is 9.96. The minimum Gasteiger partial charge on any atom is -0.434 e. The molecule has 2 N–H and O–H groups in total. The number of aliphatic hydroxyl groups excluding tert-OH is 1. The molecule has 2 aliphatic heterocycles. The summed E-state index contributed by atoms with van der Waals surface area (Å²) in [5.74, 6) is 0.0668. The van der Waals surface area contributed by atoms with Crippen LogP contribution in [0.5, 0.6) is 5.75 Å². The van der Waals surface area contributed by atoms with E-state index in [9.17, 15) is 13.9 Å². The van der Waals surface area contributed by atoms with Crippen molar-refractivity contribution in [1.29, 1.82) is 0 Å². The first-order valence-corrected chi connectivity index (χ1v) is 11.9. The fraction of sp³-hybridized carbons (Fsp3) is 0.308. The van der Waals surface area contributed by atoms with E-state index in [1.54, 1.807) is 22.7 Å². The number of rotatable bonds is 5. The van der Waals surface area contributed by atoms with Crippen LogP contribution in [0.4, 0.5) is 14.5 Å². The van der Waals surface area contributed by atoms with Gasteiger partial charge in [-0.05, 0) is 30.3 Å². The molecule has 4 heterocycles. The predicted molar refractivity (Wildman–Crippen MR) is 129 cm³/mol. The largest absolute Gasteiger partial charge is 0.434 e. The maximum atomic E-state index is 13.1. The summed E-state index contributed by atoms with van der Waals surface area (Å²) in [4.78, 5) is 6.90. The van der Waals surface area contributed by atoms with Crippen molar-refractivity contribution in [1.82, 2.24) is 19.9 Å². The number of aliphatic hydroxyl groups is 1. The molecule has 0 aliphatic carbocycles. The Bertz CT molecular complexity index is 1370. The van der Waals surface area contributed by atoms with Crippen LogP contribution >= 0.6 is 0 Å². The van der Waals surface area contributed by atoms with Gasteiger partial charge in [0.1, 0.15) is 11.9 Å². The number of hydrogen-bond donors (Lipinski definition) is 2. The summed E-state index contributed by atoms with van der Waals surface area (Å²) >= 11 is 0. The van der Waals surface area contributed by atoms with E-state index < -0.39 is 18.8 Å². The van der Waals surface area contributed by atoms with Gasteiger partial charge in [0, 0.05) is 36.4 Å². The van der Waals surface area contributed by atoms with Crippen LogP contribution in [-0.2, 0) is 4.74 Å². The first-order chi connectivity index (χ1) is 17.6. The molecular weight excluding hydrogens is 468 g/mol. The Morgan fingerprint density at radius 3 is 2.58 bits per heavy atom. The van der Waals surface area contributed by atoms with Gasteiger partial charge in [0.2, 0.25) is 0 Å². The molecule has 0 bridgehead atoms. The van der Waals surface area contributed by atoms with E-state index >= 15 is 0 Å². The number of hydrogen-bond acceptors (Lipinski definition) is 7. The molecule has 0 saturated carbocycles. The SMILES string of the molecule is O[C@@H]1CN[C@H](c2ccccc2OC(F)F)c2c1nc1ccc(-c3ccc(N4CCOCC4)cc3)nn21. The summed E-state index contributed by atoms with van der Waals surface area (Å²) in [5.41, 5.74) is 4.94. The van der Waals surface area contributed by atoms with E-state index in [1.165, 1.54) is 6.07 Å². The second kappa shape index (κ2) is 9.45. The van der Waals surface area contributed by atoms with E-state index in [0.29, 0.717) is 22.6 Å². The van der Waals surface area contributed by atoms with Gasteiger partial charge < -0.3 is 24.8 Å². The third-order valence-corrected chi connectivity index (χ3v) is 6.63. The van der Waals surface area contributed by atoms with E-state index in [1.807, 2.05) is 24.3 Å². The minimum atomic E-state index is -2.95. The van der Waals surface area contributed by atoms with Gasteiger partial charge in [-0.3, -0.25) is 0 Å². The van der Waals surface area contributed by atoms with E-state index in [-0.39, 0.29) is 12.3 Å². The van der Waals surface area contributed by atoms with Crippen LogP contribution in [0.1, 0.15) is 29.1 Å². The van der Waals surface area contributed by atoms with Gasteiger partial charge in [0.25, 0.3) is 0 Å². The molecule has 0 spiro atoms. The number of benzene rings is 2. The fourth-order valence-electron chi connectivity index (χ4n) is 4.90. The molecule has 0 radical (unpaired) electrons. The van der Waals surface area contributed by atoms with Crippen molar-refractivity contribution in [2.45, 2.75) is 18.8 Å². The molecule has 186 valence electrons. The molecule has 6 rings (SSSR count). The standard InChI is InChI=1S/C26H25F2N5O3/c27-26(28)36-21-4-2-1-3-18(21)23-25-24(20(34)15-29-23)30-22-10-9-19(31-33(22)25)16-5-7-17(8-6-16)32-11-13-35-14-12-32/h1-10,20,23,26,29,34H,11-15H2/t20-,23-/m1/s1. The highest BCUT2D eigenvalue weighted by Gasteiger charge is 2.34. The minimum absolute atomic E-state index is 0.0668. The summed E-state index contributed by atoms with van der Waals surface area (Å²) in [6.45, 7) is 0.431. The van der Waals surface area contributed by atoms with Crippen LogP contribution in [0.2, 0.25) is 0 Å². The molecule has 0 unspecified atom stereocenters. The molecule has 2 atom stereocenters. The number of fused-ring (bicyclic) bond motifs is 3. The lowest BCUT2D eigenvalue weighted by Gasteiger charge is -2.29. The van der Waals surface area contributed by atoms with Crippen LogP contribution in [-0.4, -0.2) is 59.2 Å². The Labute approximate surface area is 206 Å². The quantitative estimate of drug-likeness (QED) is 0.440. The average molecular weight is 494 g/mol. The van der Waals surface area contributed by atoms with Crippen LogP contribution in [0, 0.1) is 0 Å². The van der Waals surface area contributed by atoms with E-state index in [2.05, 4.69) is 27.3 Å². The fourth-order valence-corrected chi connectivity index (χ4v) is 4.90. The first-order valence-electron chi connectivity index (χ1n) is 11.9. The Balaban J connectivity index is 1.40. The number of para-hydroxylation sites is 1. The van der Waals surface area contributed by atoms with Gasteiger partial charge in [-0.2, -0.15) is 13.9 Å². The van der Waals surface area contributed by atoms with Gasteiger partial charge in [-0.25, -0.2) is 9.50 Å². The summed E-state index contributed by atoms with van der Waals surface area (Å²) in [5, 5.41) is 18.7. The highest BCUT2D eigenvalue weighted by molar-refractivity contribution is 5.64. The molecule has 10 heteroatoms. The number of morpholine rings is 1. The number of imidazole rings is 1. The monoisotopic (exact) mass is 493 g/mol. The van der Waals surface area contributed by atoms with E-state index in [4.69, 9.17) is 14.6 Å². The number of nitrogens with one attached hydrogen (secondary N) is 1. The van der Waals surface area contributed by atoms with Crippen LogP contribution in [0.3, 0.4) is 0 Å². The van der Waals surface area contributed by atoms with Crippen LogP contribution in [0.15, 0.2) is 60.7 Å². The highest BCUT2D eigenvalue weighted by atomic mass is 19.3. The first kappa shape index (κ1) is 22.8. The number of alkyl halides is 2. The second-order valence-electron chi connectivity index (χ2n) is 8.79. The number of β-amino-alcohol motifs (C(OH)–C–C–N with tert-alkyl or cyclic N) is 1. The summed E-state index contributed by atoms with van der Waals surface area (Å²) < 4.78 is 38.1. The molecule has 36 heavy (non-hydrogen) atoms. The maximum Gasteiger partial charge on any atom is 0.387 e. The molecule has 8 nitrogen and oxygen atoms in total. The highest BCUT2D eigenvalue weighted by Crippen LogP contribution is 2.37. The summed E-state index contributed by atoms with van der Waals surface area (Å²) in [7, 11) is 0. The predicted octanol–water partition coefficient (Wildman–Crippen LogP) is 3.56. The normalized spacial score (nSPS) is 20.1. The van der Waals surface area contributed by atoms with Gasteiger partial charge in [0.05, 0.1) is 36.3 Å². The van der Waals surface area contributed by atoms with Crippen molar-refractivity contribution >= 4 is 11.3 Å². The van der Waals surface area contributed by atoms with Gasteiger partial charge in [-0.15, -0.1) is 0 Å². The molecule has 4 aromatic rings. The van der Waals surface area contributed by atoms with Gasteiger partial charge in [0.15, 0.2) is 5.65 Å². The third kappa shape index (κ3) is 4.17. The van der Waals surface area contributed by atoms with Crippen molar-refractivity contribution in [3.8, 4) is 17.0 Å².